The molecule has 1 nitrogen and oxygen atoms in total. The first-order valence-corrected chi connectivity index (χ1v) is 9.50. The highest BCUT2D eigenvalue weighted by Gasteiger charge is 2.43. The van der Waals surface area contributed by atoms with Crippen LogP contribution in [0, 0.1) is 5.92 Å². The van der Waals surface area contributed by atoms with Crippen LogP contribution in [0.3, 0.4) is 0 Å². The van der Waals surface area contributed by atoms with E-state index in [-0.39, 0.29) is 0 Å². The molecule has 2 rings (SSSR count). The number of halogens is 2. The lowest BCUT2D eigenvalue weighted by Gasteiger charge is -2.18. The van der Waals surface area contributed by atoms with Gasteiger partial charge in [-0.25, -0.2) is 0 Å². The van der Waals surface area contributed by atoms with E-state index in [4.69, 9.17) is 26.9 Å². The number of fused-ring (bicyclic) bond motifs is 1. The van der Waals surface area contributed by atoms with Gasteiger partial charge in [0.1, 0.15) is 0 Å². The molecule has 0 radical (unpaired) electrons. The molecule has 1 aliphatic heterocycles. The molecule has 3 unspecified atom stereocenters. The van der Waals surface area contributed by atoms with Gasteiger partial charge in [0, 0.05) is 0 Å². The molecular weight excluding hydrogens is 223 g/mol. The van der Waals surface area contributed by atoms with Crippen molar-refractivity contribution in [2.24, 2.45) is 5.92 Å². The Kier molecular flexibility index (Phi) is 3.57. The summed E-state index contributed by atoms with van der Waals surface area (Å²) in [4.78, 5) is 0. The molecule has 4 heteroatoms. The van der Waals surface area contributed by atoms with Gasteiger partial charge in [0.05, 0.1) is 12.2 Å². The molecule has 2 fully saturated rings. The van der Waals surface area contributed by atoms with E-state index < -0.39 is 7.42 Å². The van der Waals surface area contributed by atoms with Crippen LogP contribution < -0.4 is 0 Å². The lowest BCUT2D eigenvalue weighted by atomic mass is 9.86. The zero-order chi connectivity index (χ0) is 9.26. The van der Waals surface area contributed by atoms with Crippen LogP contribution in [0.4, 0.5) is 0 Å². The molecule has 13 heavy (non-hydrogen) atoms. The standard InChI is InChI=1S/C9H16Cl2OSi/c10-13(11)5-1-2-7-3-4-8-9(6-7)12-8/h7-9,13H,1-6H2. The molecule has 1 heterocycles. The third kappa shape index (κ3) is 3.12. The second-order valence-electron chi connectivity index (χ2n) is 4.21. The summed E-state index contributed by atoms with van der Waals surface area (Å²) in [7, 11) is -1.33. The van der Waals surface area contributed by atoms with Gasteiger partial charge >= 0.3 is 0 Å². The van der Waals surface area contributed by atoms with E-state index in [1.165, 1.54) is 32.1 Å². The number of rotatable bonds is 4. The van der Waals surface area contributed by atoms with E-state index in [1.807, 2.05) is 0 Å². The molecule has 0 aromatic carbocycles. The van der Waals surface area contributed by atoms with E-state index in [0.717, 1.165) is 12.0 Å². The minimum atomic E-state index is -1.33. The summed E-state index contributed by atoms with van der Waals surface area (Å²) < 4.78 is 5.49. The molecule has 1 aliphatic carbocycles. The van der Waals surface area contributed by atoms with Gasteiger partial charge in [-0.2, -0.15) is 22.2 Å². The minimum absolute atomic E-state index is 0.624. The topological polar surface area (TPSA) is 12.5 Å². The Morgan fingerprint density at radius 2 is 2.08 bits per heavy atom. The van der Waals surface area contributed by atoms with Crippen molar-refractivity contribution >= 4 is 29.6 Å². The number of epoxide rings is 1. The van der Waals surface area contributed by atoms with E-state index in [9.17, 15) is 0 Å². The summed E-state index contributed by atoms with van der Waals surface area (Å²) in [5.74, 6) is 0.893. The molecule has 0 amide bonds. The Bertz CT molecular complexity index is 177. The van der Waals surface area contributed by atoms with E-state index in [2.05, 4.69) is 0 Å². The van der Waals surface area contributed by atoms with Gasteiger partial charge in [-0.15, -0.1) is 0 Å². The van der Waals surface area contributed by atoms with Gasteiger partial charge in [0.15, 0.2) is 0 Å². The zero-order valence-electron chi connectivity index (χ0n) is 7.72. The molecule has 2 aliphatic rings. The maximum atomic E-state index is 5.81. The minimum Gasteiger partial charge on any atom is -0.370 e. The fourth-order valence-corrected chi connectivity index (χ4v) is 3.78. The molecule has 0 spiro atoms. The highest BCUT2D eigenvalue weighted by molar-refractivity contribution is 7.33. The average molecular weight is 239 g/mol. The first-order chi connectivity index (χ1) is 6.25. The summed E-state index contributed by atoms with van der Waals surface area (Å²) in [5.41, 5.74) is 0. The highest BCUT2D eigenvalue weighted by Crippen LogP contribution is 2.41. The fraction of sp³-hybridized carbons (Fsp3) is 1.00. The molecule has 0 N–H and O–H groups in total. The Morgan fingerprint density at radius 3 is 2.77 bits per heavy atom. The quantitative estimate of drug-likeness (QED) is 0.417. The van der Waals surface area contributed by atoms with Crippen molar-refractivity contribution in [1.82, 2.24) is 0 Å². The monoisotopic (exact) mass is 238 g/mol. The normalized spacial score (nSPS) is 37.6. The van der Waals surface area contributed by atoms with Crippen molar-refractivity contribution in [1.29, 1.82) is 0 Å². The Hall–Kier alpha value is 0.757. The molecule has 1 saturated carbocycles. The summed E-state index contributed by atoms with van der Waals surface area (Å²) in [5, 5.41) is 0. The van der Waals surface area contributed by atoms with Crippen LogP contribution in [-0.2, 0) is 4.74 Å². The van der Waals surface area contributed by atoms with Crippen molar-refractivity contribution in [3.63, 3.8) is 0 Å². The van der Waals surface area contributed by atoms with Crippen molar-refractivity contribution in [2.75, 3.05) is 0 Å². The largest absolute Gasteiger partial charge is 0.370 e. The van der Waals surface area contributed by atoms with Gasteiger partial charge in [-0.1, -0.05) is 12.8 Å². The first-order valence-electron chi connectivity index (χ1n) is 5.19. The SMILES string of the molecule is Cl[SiH](Cl)CCCC1CCC2OC2C1. The lowest BCUT2D eigenvalue weighted by Crippen LogP contribution is -2.13. The second kappa shape index (κ2) is 4.52. The molecular formula is C9H16Cl2OSi. The third-order valence-electron chi connectivity index (χ3n) is 3.15. The summed E-state index contributed by atoms with van der Waals surface area (Å²) in [6, 6.07) is 1.08. The second-order valence-corrected chi connectivity index (χ2v) is 9.40. The van der Waals surface area contributed by atoms with Gasteiger partial charge < -0.3 is 4.74 Å². The van der Waals surface area contributed by atoms with Gasteiger partial charge in [-0.3, -0.25) is 0 Å². The average Bonchev–Trinajstić information content (AvgIpc) is 2.81. The van der Waals surface area contributed by atoms with Crippen LogP contribution >= 0.6 is 22.2 Å². The summed E-state index contributed by atoms with van der Waals surface area (Å²) in [6.45, 7) is 0. The molecule has 0 aromatic heterocycles. The van der Waals surface area contributed by atoms with E-state index in [1.54, 1.807) is 0 Å². The maximum absolute atomic E-state index is 5.81. The maximum Gasteiger partial charge on any atom is 0.237 e. The molecule has 76 valence electrons. The molecule has 0 bridgehead atoms. The first kappa shape index (κ1) is 10.3. The lowest BCUT2D eigenvalue weighted by molar-refractivity contribution is 0.350. The number of hydrogen-bond donors (Lipinski definition) is 0. The van der Waals surface area contributed by atoms with Crippen LogP contribution in [0.15, 0.2) is 0 Å². The number of hydrogen-bond acceptors (Lipinski definition) is 1. The Morgan fingerprint density at radius 1 is 1.23 bits per heavy atom. The Labute approximate surface area is 90.8 Å². The smallest absolute Gasteiger partial charge is 0.237 e. The molecule has 3 atom stereocenters. The fourth-order valence-electron chi connectivity index (χ4n) is 2.31. The van der Waals surface area contributed by atoms with Crippen molar-refractivity contribution in [3.8, 4) is 0 Å². The predicted octanol–water partition coefficient (Wildman–Crippen LogP) is 3.03. The van der Waals surface area contributed by atoms with Crippen molar-refractivity contribution < 1.29 is 4.74 Å². The summed E-state index contributed by atoms with van der Waals surface area (Å²) in [6.07, 6.45) is 7.75. The highest BCUT2D eigenvalue weighted by atomic mass is 35.7. The van der Waals surface area contributed by atoms with Crippen LogP contribution in [0.25, 0.3) is 0 Å². The van der Waals surface area contributed by atoms with Crippen molar-refractivity contribution in [3.05, 3.63) is 0 Å². The van der Waals surface area contributed by atoms with E-state index >= 15 is 0 Å². The van der Waals surface area contributed by atoms with Crippen molar-refractivity contribution in [2.45, 2.75) is 50.4 Å². The van der Waals surface area contributed by atoms with Crippen LogP contribution in [0.5, 0.6) is 0 Å². The van der Waals surface area contributed by atoms with Crippen LogP contribution in [0.1, 0.15) is 32.1 Å². The number of ether oxygens (including phenoxy) is 1. The van der Waals surface area contributed by atoms with Crippen LogP contribution in [0.2, 0.25) is 6.04 Å². The third-order valence-corrected chi connectivity index (χ3v) is 5.30. The predicted molar refractivity (Wildman–Crippen MR) is 58.9 cm³/mol. The molecule has 0 aromatic rings. The molecule has 1 saturated heterocycles. The van der Waals surface area contributed by atoms with Gasteiger partial charge in [0.25, 0.3) is 0 Å². The zero-order valence-corrected chi connectivity index (χ0v) is 10.4. The van der Waals surface area contributed by atoms with Gasteiger partial charge in [0.2, 0.25) is 7.42 Å². The van der Waals surface area contributed by atoms with Crippen LogP contribution in [-0.4, -0.2) is 19.6 Å². The van der Waals surface area contributed by atoms with Gasteiger partial charge in [-0.05, 0) is 31.2 Å². The Balaban J connectivity index is 1.59. The van der Waals surface area contributed by atoms with E-state index in [0.29, 0.717) is 12.2 Å². The summed E-state index contributed by atoms with van der Waals surface area (Å²) >= 11 is 11.6.